The molecular formula is C12H21NS. The second kappa shape index (κ2) is 2.91. The smallest absolute Gasteiger partial charge is 0.0147 e. The fraction of sp³-hybridized carbons (Fsp3) is 1.00. The quantitative estimate of drug-likeness (QED) is 0.652. The summed E-state index contributed by atoms with van der Waals surface area (Å²) in [5, 5.41) is 0. The predicted molar refractivity (Wildman–Crippen MR) is 62.7 cm³/mol. The molecule has 2 heteroatoms. The van der Waals surface area contributed by atoms with E-state index in [9.17, 15) is 0 Å². The lowest BCUT2D eigenvalue weighted by molar-refractivity contribution is -0.0362. The normalized spacial score (nSPS) is 55.7. The Morgan fingerprint density at radius 2 is 1.64 bits per heavy atom. The zero-order valence-electron chi connectivity index (χ0n) is 9.24. The first-order chi connectivity index (χ1) is 6.57. The van der Waals surface area contributed by atoms with Crippen LogP contribution in [0.2, 0.25) is 0 Å². The molecule has 0 aromatic heterocycles. The lowest BCUT2D eigenvalue weighted by Gasteiger charge is -2.60. The van der Waals surface area contributed by atoms with Gasteiger partial charge in [0, 0.05) is 10.8 Å². The predicted octanol–water partition coefficient (Wildman–Crippen LogP) is 2.43. The zero-order chi connectivity index (χ0) is 9.92. The van der Waals surface area contributed by atoms with Gasteiger partial charge in [0.1, 0.15) is 0 Å². The van der Waals surface area contributed by atoms with Gasteiger partial charge in [-0.05, 0) is 64.0 Å². The van der Waals surface area contributed by atoms with Gasteiger partial charge in [-0.3, -0.25) is 0 Å². The highest BCUT2D eigenvalue weighted by Gasteiger charge is 2.54. The number of thiol groups is 1. The van der Waals surface area contributed by atoms with E-state index >= 15 is 0 Å². The largest absolute Gasteiger partial charge is 0.306 e. The second-order valence-corrected chi connectivity index (χ2v) is 7.10. The van der Waals surface area contributed by atoms with Crippen LogP contribution in [0.5, 0.6) is 0 Å². The molecule has 0 amide bonds. The van der Waals surface area contributed by atoms with E-state index in [1.54, 1.807) is 0 Å². The standard InChI is InChI=1S/C12H21NS/c1-13(2)11-9-3-8-4-10(11)7-12(14,5-8)6-9/h8-11,14H,3-7H2,1-2H3. The van der Waals surface area contributed by atoms with Gasteiger partial charge in [-0.2, -0.15) is 12.6 Å². The van der Waals surface area contributed by atoms with Crippen LogP contribution < -0.4 is 0 Å². The van der Waals surface area contributed by atoms with Crippen LogP contribution in [-0.2, 0) is 0 Å². The lowest BCUT2D eigenvalue weighted by atomic mass is 9.53. The van der Waals surface area contributed by atoms with Crippen LogP contribution >= 0.6 is 12.6 Å². The van der Waals surface area contributed by atoms with Gasteiger partial charge in [0.05, 0.1) is 0 Å². The van der Waals surface area contributed by atoms with Crippen molar-refractivity contribution in [1.29, 1.82) is 0 Å². The topological polar surface area (TPSA) is 3.24 Å². The third-order valence-electron chi connectivity index (χ3n) is 4.79. The van der Waals surface area contributed by atoms with Crippen molar-refractivity contribution in [2.24, 2.45) is 17.8 Å². The Balaban J connectivity index is 1.89. The molecule has 4 bridgehead atoms. The van der Waals surface area contributed by atoms with Crippen LogP contribution in [-0.4, -0.2) is 29.8 Å². The van der Waals surface area contributed by atoms with Crippen molar-refractivity contribution in [3.05, 3.63) is 0 Å². The van der Waals surface area contributed by atoms with Crippen molar-refractivity contribution in [1.82, 2.24) is 4.90 Å². The summed E-state index contributed by atoms with van der Waals surface area (Å²) >= 11 is 4.94. The molecule has 0 radical (unpaired) electrons. The number of hydrogen-bond donors (Lipinski definition) is 1. The molecule has 4 saturated carbocycles. The monoisotopic (exact) mass is 211 g/mol. The molecule has 0 aromatic carbocycles. The number of nitrogens with zero attached hydrogens (tertiary/aromatic N) is 1. The minimum absolute atomic E-state index is 0.434. The molecule has 4 fully saturated rings. The molecule has 0 spiro atoms. The van der Waals surface area contributed by atoms with Crippen LogP contribution in [0.15, 0.2) is 0 Å². The van der Waals surface area contributed by atoms with E-state index in [1.165, 1.54) is 32.1 Å². The maximum absolute atomic E-state index is 4.94. The van der Waals surface area contributed by atoms with E-state index in [2.05, 4.69) is 19.0 Å². The molecule has 0 N–H and O–H groups in total. The Hall–Kier alpha value is 0.310. The van der Waals surface area contributed by atoms with E-state index in [-0.39, 0.29) is 0 Å². The van der Waals surface area contributed by atoms with Gasteiger partial charge >= 0.3 is 0 Å². The van der Waals surface area contributed by atoms with E-state index in [1.807, 2.05) is 0 Å². The summed E-state index contributed by atoms with van der Waals surface area (Å²) in [6, 6.07) is 0.867. The highest BCUT2D eigenvalue weighted by molar-refractivity contribution is 7.81. The van der Waals surface area contributed by atoms with Gasteiger partial charge in [0.25, 0.3) is 0 Å². The summed E-state index contributed by atoms with van der Waals surface area (Å²) in [4.78, 5) is 2.48. The molecule has 2 unspecified atom stereocenters. The lowest BCUT2D eigenvalue weighted by Crippen LogP contribution is -2.58. The average Bonchev–Trinajstić information content (AvgIpc) is 1.97. The van der Waals surface area contributed by atoms with E-state index < -0.39 is 0 Å². The summed E-state index contributed by atoms with van der Waals surface area (Å²) in [5.41, 5.74) is 0. The molecule has 4 aliphatic carbocycles. The summed E-state index contributed by atoms with van der Waals surface area (Å²) < 4.78 is 0.434. The Kier molecular flexibility index (Phi) is 1.98. The summed E-state index contributed by atoms with van der Waals surface area (Å²) in [6.45, 7) is 0. The summed E-state index contributed by atoms with van der Waals surface area (Å²) in [7, 11) is 4.52. The Morgan fingerprint density at radius 3 is 2.07 bits per heavy atom. The molecule has 2 atom stereocenters. The zero-order valence-corrected chi connectivity index (χ0v) is 10.1. The number of rotatable bonds is 1. The van der Waals surface area contributed by atoms with Crippen molar-refractivity contribution < 1.29 is 0 Å². The molecule has 0 heterocycles. The minimum atomic E-state index is 0.434. The van der Waals surface area contributed by atoms with Gasteiger partial charge in [0.2, 0.25) is 0 Å². The molecule has 14 heavy (non-hydrogen) atoms. The first-order valence-corrected chi connectivity index (χ1v) is 6.41. The van der Waals surface area contributed by atoms with Gasteiger partial charge in [-0.15, -0.1) is 0 Å². The molecule has 4 aliphatic rings. The van der Waals surface area contributed by atoms with Gasteiger partial charge < -0.3 is 4.90 Å². The van der Waals surface area contributed by atoms with Crippen molar-refractivity contribution in [2.75, 3.05) is 14.1 Å². The van der Waals surface area contributed by atoms with Crippen LogP contribution in [0.25, 0.3) is 0 Å². The van der Waals surface area contributed by atoms with E-state index in [0.717, 1.165) is 23.8 Å². The minimum Gasteiger partial charge on any atom is -0.306 e. The molecule has 80 valence electrons. The molecular weight excluding hydrogens is 190 g/mol. The SMILES string of the molecule is CN(C)C1C2CC3CC1CC(S)(C3)C2. The Morgan fingerprint density at radius 1 is 1.07 bits per heavy atom. The van der Waals surface area contributed by atoms with Gasteiger partial charge in [-0.25, -0.2) is 0 Å². The fourth-order valence-corrected chi connectivity index (χ4v) is 5.53. The summed E-state index contributed by atoms with van der Waals surface area (Å²) in [5.74, 6) is 2.92. The van der Waals surface area contributed by atoms with Gasteiger partial charge in [0.15, 0.2) is 0 Å². The van der Waals surface area contributed by atoms with Crippen LogP contribution in [0.4, 0.5) is 0 Å². The van der Waals surface area contributed by atoms with Crippen molar-refractivity contribution in [3.63, 3.8) is 0 Å². The van der Waals surface area contributed by atoms with E-state index in [0.29, 0.717) is 4.75 Å². The van der Waals surface area contributed by atoms with Gasteiger partial charge in [-0.1, -0.05) is 0 Å². The van der Waals surface area contributed by atoms with Crippen LogP contribution in [0, 0.1) is 17.8 Å². The highest BCUT2D eigenvalue weighted by Crippen LogP contribution is 2.58. The molecule has 1 nitrogen and oxygen atoms in total. The maximum atomic E-state index is 4.94. The highest BCUT2D eigenvalue weighted by atomic mass is 32.1. The molecule has 0 aliphatic heterocycles. The van der Waals surface area contributed by atoms with Crippen LogP contribution in [0.3, 0.4) is 0 Å². The third-order valence-corrected chi connectivity index (χ3v) is 5.34. The molecule has 0 saturated heterocycles. The van der Waals surface area contributed by atoms with E-state index in [4.69, 9.17) is 12.6 Å². The Bertz CT molecular complexity index is 235. The van der Waals surface area contributed by atoms with Crippen molar-refractivity contribution in [3.8, 4) is 0 Å². The molecule has 4 rings (SSSR count). The Labute approximate surface area is 92.7 Å². The maximum Gasteiger partial charge on any atom is 0.0147 e. The fourth-order valence-electron chi connectivity index (χ4n) is 4.80. The van der Waals surface area contributed by atoms with Crippen molar-refractivity contribution >= 4 is 12.6 Å². The van der Waals surface area contributed by atoms with Crippen LogP contribution in [0.1, 0.15) is 32.1 Å². The number of hydrogen-bond acceptors (Lipinski definition) is 2. The van der Waals surface area contributed by atoms with Crippen molar-refractivity contribution in [2.45, 2.75) is 42.9 Å². The first-order valence-electron chi connectivity index (χ1n) is 5.96. The first kappa shape index (κ1) is 9.53. The third kappa shape index (κ3) is 1.26. The summed E-state index contributed by atoms with van der Waals surface area (Å²) in [6.07, 6.45) is 7.14. The second-order valence-electron chi connectivity index (χ2n) is 6.15. The average molecular weight is 211 g/mol. The molecule has 0 aromatic rings.